The zero-order valence-corrected chi connectivity index (χ0v) is 53.4. The first-order chi connectivity index (χ1) is 37.5. The minimum atomic E-state index is -4.38. The Kier molecular flexibility index (Phi) is 58.9. The SMILES string of the molecule is CCCCCCCCCCCCCCCCCCCCCCCCCCCCCCCCCCCCCCC(=O)OC(COC(=O)CCCCCCCCCCCCCCCCCCC)COP(=O)(O)OCC[N+](C)(C)C. The van der Waals surface area contributed by atoms with Crippen molar-refractivity contribution in [3.05, 3.63) is 0 Å². The van der Waals surface area contributed by atoms with Crippen molar-refractivity contribution >= 4 is 19.8 Å². The summed E-state index contributed by atoms with van der Waals surface area (Å²) >= 11 is 0. The van der Waals surface area contributed by atoms with Gasteiger partial charge in [-0.25, -0.2) is 4.57 Å². The molecule has 0 aromatic heterocycles. The lowest BCUT2D eigenvalue weighted by Gasteiger charge is -2.24. The molecule has 9 nitrogen and oxygen atoms in total. The first kappa shape index (κ1) is 76.0. The molecule has 10 heteroatoms. The van der Waals surface area contributed by atoms with Crippen LogP contribution in [0.25, 0.3) is 0 Å². The Morgan fingerprint density at radius 3 is 0.831 bits per heavy atom. The Bertz CT molecular complexity index is 1260. The van der Waals surface area contributed by atoms with Gasteiger partial charge < -0.3 is 18.9 Å². The maximum Gasteiger partial charge on any atom is 0.472 e. The van der Waals surface area contributed by atoms with E-state index < -0.39 is 26.5 Å². The van der Waals surface area contributed by atoms with E-state index >= 15 is 0 Å². The molecule has 0 aromatic carbocycles. The Hall–Kier alpha value is -0.990. The third-order valence-corrected chi connectivity index (χ3v) is 16.9. The lowest BCUT2D eigenvalue weighted by Crippen LogP contribution is -2.37. The van der Waals surface area contributed by atoms with Gasteiger partial charge >= 0.3 is 19.8 Å². The van der Waals surface area contributed by atoms with Crippen molar-refractivity contribution in [2.45, 2.75) is 373 Å². The number of rotatable bonds is 65. The molecule has 1 N–H and O–H groups in total. The van der Waals surface area contributed by atoms with E-state index in [-0.39, 0.29) is 25.6 Å². The topological polar surface area (TPSA) is 108 Å². The largest absolute Gasteiger partial charge is 0.472 e. The maximum atomic E-state index is 12.8. The van der Waals surface area contributed by atoms with Crippen LogP contribution in [0.5, 0.6) is 0 Å². The van der Waals surface area contributed by atoms with Gasteiger partial charge in [0.15, 0.2) is 6.10 Å². The van der Waals surface area contributed by atoms with Crippen molar-refractivity contribution in [2.24, 2.45) is 0 Å². The van der Waals surface area contributed by atoms with Gasteiger partial charge in [-0.05, 0) is 12.8 Å². The molecule has 0 saturated heterocycles. The van der Waals surface area contributed by atoms with Crippen LogP contribution in [0.4, 0.5) is 0 Å². The van der Waals surface area contributed by atoms with E-state index in [0.717, 1.165) is 38.5 Å². The van der Waals surface area contributed by atoms with Gasteiger partial charge in [0.25, 0.3) is 0 Å². The van der Waals surface area contributed by atoms with Crippen molar-refractivity contribution < 1.29 is 42.1 Å². The zero-order valence-electron chi connectivity index (χ0n) is 52.5. The summed E-state index contributed by atoms with van der Waals surface area (Å²) in [6.07, 6.45) is 70.8. The van der Waals surface area contributed by atoms with Crippen LogP contribution < -0.4 is 0 Å². The summed E-state index contributed by atoms with van der Waals surface area (Å²) in [4.78, 5) is 35.8. The molecule has 0 fully saturated rings. The summed E-state index contributed by atoms with van der Waals surface area (Å²) in [5, 5.41) is 0. The maximum absolute atomic E-state index is 12.8. The number of phosphoric acid groups is 1. The quantitative estimate of drug-likeness (QED) is 0.0278. The van der Waals surface area contributed by atoms with Crippen molar-refractivity contribution in [3.8, 4) is 0 Å². The minimum Gasteiger partial charge on any atom is -0.462 e. The van der Waals surface area contributed by atoms with E-state index in [4.69, 9.17) is 18.5 Å². The summed E-state index contributed by atoms with van der Waals surface area (Å²) in [7, 11) is 1.51. The Morgan fingerprint density at radius 1 is 0.351 bits per heavy atom. The second-order valence-electron chi connectivity index (χ2n) is 24.9. The fraction of sp³-hybridized carbons (Fsp3) is 0.970. The van der Waals surface area contributed by atoms with Crippen LogP contribution in [-0.2, 0) is 32.7 Å². The number of hydrogen-bond donors (Lipinski definition) is 1. The number of carbonyl (C=O) groups is 2. The highest BCUT2D eigenvalue weighted by Gasteiger charge is 2.27. The number of unbranched alkanes of at least 4 members (excludes halogenated alkanes) is 51. The second kappa shape index (κ2) is 59.6. The first-order valence-corrected chi connectivity index (χ1v) is 35.8. The molecule has 0 heterocycles. The molecule has 0 bridgehead atoms. The molecular formula is C67H135NO8P+. The summed E-state index contributed by atoms with van der Waals surface area (Å²) < 4.78 is 34.7. The number of phosphoric ester groups is 1. The van der Waals surface area contributed by atoms with E-state index in [1.54, 1.807) is 0 Å². The van der Waals surface area contributed by atoms with E-state index in [0.29, 0.717) is 17.4 Å². The van der Waals surface area contributed by atoms with Gasteiger partial charge in [-0.1, -0.05) is 341 Å². The summed E-state index contributed by atoms with van der Waals surface area (Å²) in [5.41, 5.74) is 0. The van der Waals surface area contributed by atoms with Gasteiger partial charge in [0.05, 0.1) is 27.7 Å². The molecule has 2 unspecified atom stereocenters. The normalized spacial score (nSPS) is 13.1. The first-order valence-electron chi connectivity index (χ1n) is 34.3. The molecule has 0 radical (unpaired) electrons. The zero-order chi connectivity index (χ0) is 56.3. The molecular weight excluding hydrogens is 978 g/mol. The fourth-order valence-electron chi connectivity index (χ4n) is 10.6. The van der Waals surface area contributed by atoms with Gasteiger partial charge in [-0.15, -0.1) is 0 Å². The monoisotopic (exact) mass is 1110 g/mol. The molecule has 0 aliphatic carbocycles. The van der Waals surface area contributed by atoms with Crippen LogP contribution in [0.3, 0.4) is 0 Å². The molecule has 0 saturated carbocycles. The Balaban J connectivity index is 3.89. The third kappa shape index (κ3) is 64.1. The van der Waals surface area contributed by atoms with Crippen LogP contribution in [0, 0.1) is 0 Å². The smallest absolute Gasteiger partial charge is 0.462 e. The Labute approximate surface area is 480 Å². The number of ether oxygens (including phenoxy) is 2. The summed E-state index contributed by atoms with van der Waals surface area (Å²) in [5.74, 6) is -0.770. The summed E-state index contributed by atoms with van der Waals surface area (Å²) in [6.45, 7) is 4.52. The molecule has 0 spiro atoms. The van der Waals surface area contributed by atoms with Crippen molar-refractivity contribution in [1.29, 1.82) is 0 Å². The highest BCUT2D eigenvalue weighted by Crippen LogP contribution is 2.43. The van der Waals surface area contributed by atoms with E-state index in [1.807, 2.05) is 21.1 Å². The van der Waals surface area contributed by atoms with Crippen LogP contribution >= 0.6 is 7.82 Å². The predicted molar refractivity (Wildman–Crippen MR) is 331 cm³/mol. The van der Waals surface area contributed by atoms with E-state index in [1.165, 1.54) is 302 Å². The van der Waals surface area contributed by atoms with Crippen LogP contribution in [0.2, 0.25) is 0 Å². The van der Waals surface area contributed by atoms with Gasteiger partial charge in [0, 0.05) is 12.8 Å². The van der Waals surface area contributed by atoms with Crippen LogP contribution in [0.1, 0.15) is 367 Å². The standard InChI is InChI=1S/C67H134NO8P/c1-6-8-10-12-14-16-18-20-22-24-25-26-27-28-29-30-31-32-33-34-35-36-37-38-39-40-41-42-44-46-48-50-52-54-56-58-60-67(70)76-65(64-75-77(71,72)74-62-61-68(3,4)5)63-73-66(69)59-57-55-53-51-49-47-45-43-23-21-19-17-15-13-11-9-7-2/h65H,6-64H2,1-5H3/p+1. The number of quaternary nitrogens is 1. The second-order valence-corrected chi connectivity index (χ2v) is 26.4. The molecule has 77 heavy (non-hydrogen) atoms. The molecule has 0 aliphatic rings. The van der Waals surface area contributed by atoms with E-state index in [9.17, 15) is 19.0 Å². The highest BCUT2D eigenvalue weighted by molar-refractivity contribution is 7.47. The number of carbonyl (C=O) groups excluding carboxylic acids is 2. The van der Waals surface area contributed by atoms with E-state index in [2.05, 4.69) is 13.8 Å². The molecule has 0 aliphatic heterocycles. The van der Waals surface area contributed by atoms with Crippen molar-refractivity contribution in [3.63, 3.8) is 0 Å². The lowest BCUT2D eigenvalue weighted by atomic mass is 10.0. The highest BCUT2D eigenvalue weighted by atomic mass is 31.2. The van der Waals surface area contributed by atoms with Crippen molar-refractivity contribution in [2.75, 3.05) is 47.5 Å². The van der Waals surface area contributed by atoms with Gasteiger partial charge in [0.2, 0.25) is 0 Å². The molecule has 460 valence electrons. The van der Waals surface area contributed by atoms with Gasteiger partial charge in [0.1, 0.15) is 19.8 Å². The van der Waals surface area contributed by atoms with Crippen molar-refractivity contribution in [1.82, 2.24) is 0 Å². The average Bonchev–Trinajstić information content (AvgIpc) is 3.39. The van der Waals surface area contributed by atoms with Gasteiger partial charge in [-0.2, -0.15) is 0 Å². The van der Waals surface area contributed by atoms with Crippen LogP contribution in [-0.4, -0.2) is 74.9 Å². The molecule has 0 aromatic rings. The number of nitrogens with zero attached hydrogens (tertiary/aromatic N) is 1. The molecule has 0 rings (SSSR count). The fourth-order valence-corrected chi connectivity index (χ4v) is 11.4. The average molecular weight is 1110 g/mol. The number of likely N-dealkylation sites (N-methyl/N-ethyl adjacent to an activating group) is 1. The molecule has 0 amide bonds. The van der Waals surface area contributed by atoms with Gasteiger partial charge in [-0.3, -0.25) is 18.6 Å². The molecule has 2 atom stereocenters. The number of esters is 2. The summed E-state index contributed by atoms with van der Waals surface area (Å²) in [6, 6.07) is 0. The lowest BCUT2D eigenvalue weighted by molar-refractivity contribution is -0.870. The third-order valence-electron chi connectivity index (χ3n) is 15.9. The predicted octanol–water partition coefficient (Wildman–Crippen LogP) is 21.8. The Morgan fingerprint density at radius 2 is 0.584 bits per heavy atom. The minimum absolute atomic E-state index is 0.0375. The van der Waals surface area contributed by atoms with Crippen LogP contribution in [0.15, 0.2) is 0 Å². The number of hydrogen-bond acceptors (Lipinski definition) is 7.